The van der Waals surface area contributed by atoms with E-state index in [1.54, 1.807) is 18.9 Å². The summed E-state index contributed by atoms with van der Waals surface area (Å²) in [6.07, 6.45) is 0.880. The molecule has 1 aromatic carbocycles. The van der Waals surface area contributed by atoms with Gasteiger partial charge in [-0.3, -0.25) is 4.79 Å². The van der Waals surface area contributed by atoms with Gasteiger partial charge in [-0.2, -0.15) is 0 Å². The quantitative estimate of drug-likeness (QED) is 0.746. The van der Waals surface area contributed by atoms with E-state index >= 15 is 0 Å². The van der Waals surface area contributed by atoms with Crippen LogP contribution in [0.15, 0.2) is 24.3 Å². The lowest BCUT2D eigenvalue weighted by Gasteiger charge is -2.34. The summed E-state index contributed by atoms with van der Waals surface area (Å²) >= 11 is 0. The molecule has 0 spiro atoms. The Labute approximate surface area is 182 Å². The average molecular weight is 425 g/mol. The molecule has 2 heterocycles. The predicted octanol–water partition coefficient (Wildman–Crippen LogP) is 2.98. The van der Waals surface area contributed by atoms with Gasteiger partial charge in [-0.25, -0.2) is 14.8 Å². The van der Waals surface area contributed by atoms with Crippen LogP contribution in [0.3, 0.4) is 0 Å². The number of aryl methyl sites for hydroxylation is 1. The van der Waals surface area contributed by atoms with Crippen molar-refractivity contribution >= 4 is 17.8 Å². The van der Waals surface area contributed by atoms with Crippen molar-refractivity contribution in [2.24, 2.45) is 0 Å². The molecule has 1 saturated heterocycles. The first kappa shape index (κ1) is 21.1. The van der Waals surface area contributed by atoms with Crippen LogP contribution >= 0.6 is 0 Å². The molecular weight excluding hydrogens is 396 g/mol. The standard InChI is InChI=1S/C23H28N4O4/c1-4-31-23(29)27-11-9-26(10-12-27)22-24-15(2)21-19(25-22)13-17(14-20(21)28)16-5-7-18(30-3)8-6-16/h5-8,17H,4,9-14H2,1-3H3/t17-/m0/s1. The molecule has 1 aromatic heterocycles. The van der Waals surface area contributed by atoms with Crippen LogP contribution in [0.1, 0.15) is 46.6 Å². The second-order valence-corrected chi connectivity index (χ2v) is 7.91. The molecule has 4 rings (SSSR count). The highest BCUT2D eigenvalue weighted by molar-refractivity contribution is 5.99. The van der Waals surface area contributed by atoms with Crippen molar-refractivity contribution < 1.29 is 19.1 Å². The fourth-order valence-electron chi connectivity index (χ4n) is 4.32. The lowest BCUT2D eigenvalue weighted by atomic mass is 9.81. The molecule has 8 heteroatoms. The van der Waals surface area contributed by atoms with Crippen LogP contribution in [0.25, 0.3) is 0 Å². The number of hydrogen-bond acceptors (Lipinski definition) is 7. The Balaban J connectivity index is 1.53. The van der Waals surface area contributed by atoms with Crippen molar-refractivity contribution in [1.82, 2.24) is 14.9 Å². The largest absolute Gasteiger partial charge is 0.497 e. The number of carbonyl (C=O) groups excluding carboxylic acids is 2. The molecule has 164 valence electrons. The lowest BCUT2D eigenvalue weighted by Crippen LogP contribution is -2.49. The number of nitrogens with zero attached hydrogens (tertiary/aromatic N) is 4. The molecule has 0 N–H and O–H groups in total. The molecule has 2 aliphatic rings. The van der Waals surface area contributed by atoms with Gasteiger partial charge in [0.1, 0.15) is 5.75 Å². The Morgan fingerprint density at radius 3 is 2.45 bits per heavy atom. The van der Waals surface area contributed by atoms with Gasteiger partial charge < -0.3 is 19.3 Å². The summed E-state index contributed by atoms with van der Waals surface area (Å²) in [6.45, 7) is 6.44. The van der Waals surface area contributed by atoms with E-state index in [0.29, 0.717) is 57.1 Å². The molecule has 8 nitrogen and oxygen atoms in total. The van der Waals surface area contributed by atoms with E-state index < -0.39 is 0 Å². The molecule has 0 radical (unpaired) electrons. The van der Waals surface area contributed by atoms with E-state index in [4.69, 9.17) is 14.5 Å². The number of carbonyl (C=O) groups is 2. The third-order valence-corrected chi connectivity index (χ3v) is 5.98. The Morgan fingerprint density at radius 1 is 1.10 bits per heavy atom. The average Bonchev–Trinajstić information content (AvgIpc) is 2.79. The molecule has 1 amide bonds. The Morgan fingerprint density at radius 2 is 1.81 bits per heavy atom. The first-order valence-corrected chi connectivity index (χ1v) is 10.7. The van der Waals surface area contributed by atoms with Crippen LogP contribution in [0.5, 0.6) is 5.75 Å². The summed E-state index contributed by atoms with van der Waals surface area (Å²) in [5, 5.41) is 0. The second kappa shape index (κ2) is 8.91. The topological polar surface area (TPSA) is 84.9 Å². The van der Waals surface area contributed by atoms with Gasteiger partial charge in [0.05, 0.1) is 30.7 Å². The number of rotatable bonds is 4. The van der Waals surface area contributed by atoms with Crippen molar-refractivity contribution in [2.75, 3.05) is 44.8 Å². The Bertz CT molecular complexity index is 968. The molecule has 0 saturated carbocycles. The van der Waals surface area contributed by atoms with Gasteiger partial charge in [-0.1, -0.05) is 12.1 Å². The number of ketones is 1. The van der Waals surface area contributed by atoms with Crippen molar-refractivity contribution in [3.8, 4) is 5.75 Å². The second-order valence-electron chi connectivity index (χ2n) is 7.91. The van der Waals surface area contributed by atoms with E-state index in [9.17, 15) is 9.59 Å². The van der Waals surface area contributed by atoms with Gasteiger partial charge in [0, 0.05) is 32.6 Å². The number of aromatic nitrogens is 2. The van der Waals surface area contributed by atoms with Crippen LogP contribution in [-0.2, 0) is 11.2 Å². The minimum Gasteiger partial charge on any atom is -0.497 e. The Kier molecular flexibility index (Phi) is 6.06. The number of piperazine rings is 1. The number of amides is 1. The maximum atomic E-state index is 12.9. The molecule has 2 aromatic rings. The summed E-state index contributed by atoms with van der Waals surface area (Å²) in [6, 6.07) is 7.89. The van der Waals surface area contributed by atoms with Crippen molar-refractivity contribution in [1.29, 1.82) is 0 Å². The van der Waals surface area contributed by atoms with Crippen LogP contribution < -0.4 is 9.64 Å². The number of anilines is 1. The summed E-state index contributed by atoms with van der Waals surface area (Å²) in [5.74, 6) is 1.61. The van der Waals surface area contributed by atoms with Crippen LogP contribution in [-0.4, -0.2) is 66.6 Å². The summed E-state index contributed by atoms with van der Waals surface area (Å²) in [4.78, 5) is 38.1. The first-order chi connectivity index (χ1) is 15.0. The smallest absolute Gasteiger partial charge is 0.409 e. The van der Waals surface area contributed by atoms with Crippen molar-refractivity contribution in [2.45, 2.75) is 32.6 Å². The first-order valence-electron chi connectivity index (χ1n) is 10.7. The number of Topliss-reactive ketones (excluding diaryl/α,β-unsaturated/α-hetero) is 1. The molecule has 1 atom stereocenters. The van der Waals surface area contributed by atoms with Crippen LogP contribution in [0.2, 0.25) is 0 Å². The monoisotopic (exact) mass is 424 g/mol. The molecule has 1 aliphatic heterocycles. The molecule has 0 unspecified atom stereocenters. The SMILES string of the molecule is CCOC(=O)N1CCN(c2nc(C)c3c(n2)C[C@H](c2ccc(OC)cc2)CC3=O)CC1. The van der Waals surface area contributed by atoms with E-state index in [0.717, 1.165) is 22.7 Å². The van der Waals surface area contributed by atoms with Gasteiger partial charge in [-0.15, -0.1) is 0 Å². The van der Waals surface area contributed by atoms with Gasteiger partial charge in [0.2, 0.25) is 5.95 Å². The minimum atomic E-state index is -0.280. The third kappa shape index (κ3) is 4.33. The van der Waals surface area contributed by atoms with Gasteiger partial charge >= 0.3 is 6.09 Å². The zero-order chi connectivity index (χ0) is 22.0. The van der Waals surface area contributed by atoms with Crippen molar-refractivity contribution in [3.63, 3.8) is 0 Å². The number of methoxy groups -OCH3 is 1. The van der Waals surface area contributed by atoms with Crippen LogP contribution in [0, 0.1) is 6.92 Å². The molecule has 31 heavy (non-hydrogen) atoms. The van der Waals surface area contributed by atoms with E-state index in [2.05, 4.69) is 9.88 Å². The highest BCUT2D eigenvalue weighted by Crippen LogP contribution is 2.34. The number of hydrogen-bond donors (Lipinski definition) is 0. The van der Waals surface area contributed by atoms with Crippen LogP contribution in [0.4, 0.5) is 10.7 Å². The maximum absolute atomic E-state index is 12.9. The van der Waals surface area contributed by atoms with E-state index in [1.807, 2.05) is 31.2 Å². The fraction of sp³-hybridized carbons (Fsp3) is 0.478. The minimum absolute atomic E-state index is 0.0914. The highest BCUT2D eigenvalue weighted by atomic mass is 16.6. The van der Waals surface area contributed by atoms with Gasteiger partial charge in [-0.05, 0) is 43.9 Å². The van der Waals surface area contributed by atoms with Crippen molar-refractivity contribution in [3.05, 3.63) is 46.8 Å². The van der Waals surface area contributed by atoms with Gasteiger partial charge in [0.15, 0.2) is 5.78 Å². The van der Waals surface area contributed by atoms with E-state index in [-0.39, 0.29) is 17.8 Å². The number of benzene rings is 1. The molecular formula is C23H28N4O4. The maximum Gasteiger partial charge on any atom is 0.409 e. The predicted molar refractivity (Wildman–Crippen MR) is 116 cm³/mol. The normalized spacial score (nSPS) is 18.5. The molecule has 0 bridgehead atoms. The summed E-state index contributed by atoms with van der Waals surface area (Å²) in [7, 11) is 1.64. The summed E-state index contributed by atoms with van der Waals surface area (Å²) in [5.41, 5.74) is 3.32. The van der Waals surface area contributed by atoms with E-state index in [1.165, 1.54) is 0 Å². The highest BCUT2D eigenvalue weighted by Gasteiger charge is 2.31. The molecule has 1 fully saturated rings. The number of fused-ring (bicyclic) bond motifs is 1. The Hall–Kier alpha value is -3.16. The lowest BCUT2D eigenvalue weighted by molar-refractivity contribution is 0.0960. The summed E-state index contributed by atoms with van der Waals surface area (Å²) < 4.78 is 10.3. The van der Waals surface area contributed by atoms with Gasteiger partial charge in [0.25, 0.3) is 0 Å². The number of ether oxygens (including phenoxy) is 2. The fourth-order valence-corrected chi connectivity index (χ4v) is 4.32. The zero-order valence-electron chi connectivity index (χ0n) is 18.3. The molecule has 1 aliphatic carbocycles. The third-order valence-electron chi connectivity index (χ3n) is 5.98. The zero-order valence-corrected chi connectivity index (χ0v) is 18.3.